The van der Waals surface area contributed by atoms with Crippen molar-refractivity contribution in [2.75, 3.05) is 26.3 Å². The number of carbonyl (C=O) groups is 1. The molecule has 128 valence electrons. The smallest absolute Gasteiger partial charge is 0.253 e. The van der Waals surface area contributed by atoms with Gasteiger partial charge in [0.25, 0.3) is 5.91 Å². The number of ether oxygens (including phenoxy) is 2. The van der Waals surface area contributed by atoms with Gasteiger partial charge in [-0.15, -0.1) is 11.3 Å². The number of aromatic nitrogens is 1. The Labute approximate surface area is 146 Å². The van der Waals surface area contributed by atoms with Crippen LogP contribution in [0.2, 0.25) is 0 Å². The Morgan fingerprint density at radius 1 is 1.50 bits per heavy atom. The molecule has 1 unspecified atom stereocenters. The number of benzene rings is 1. The SMILES string of the molecule is CCN(CC1CCOC1)C(=O)c1cccc(OCc2cscn2)c1. The first-order chi connectivity index (χ1) is 11.8. The maximum absolute atomic E-state index is 12.8. The molecule has 0 N–H and O–H groups in total. The van der Waals surface area contributed by atoms with E-state index in [0.717, 1.165) is 31.9 Å². The van der Waals surface area contributed by atoms with Gasteiger partial charge in [-0.25, -0.2) is 4.98 Å². The number of hydrogen-bond acceptors (Lipinski definition) is 5. The van der Waals surface area contributed by atoms with E-state index in [1.165, 1.54) is 0 Å². The topological polar surface area (TPSA) is 51.7 Å². The third kappa shape index (κ3) is 4.33. The number of thiazole rings is 1. The summed E-state index contributed by atoms with van der Waals surface area (Å²) in [4.78, 5) is 18.8. The minimum Gasteiger partial charge on any atom is -0.487 e. The molecular weight excluding hydrogens is 324 g/mol. The van der Waals surface area contributed by atoms with E-state index in [9.17, 15) is 4.79 Å². The van der Waals surface area contributed by atoms with Crippen molar-refractivity contribution in [2.45, 2.75) is 20.0 Å². The van der Waals surface area contributed by atoms with Crippen LogP contribution in [0.1, 0.15) is 29.4 Å². The van der Waals surface area contributed by atoms with Crippen molar-refractivity contribution in [3.63, 3.8) is 0 Å². The first kappa shape index (κ1) is 16.9. The summed E-state index contributed by atoms with van der Waals surface area (Å²) in [6.45, 7) is 5.42. The van der Waals surface area contributed by atoms with Crippen LogP contribution in [0.4, 0.5) is 0 Å². The molecule has 1 aromatic carbocycles. The predicted molar refractivity (Wildman–Crippen MR) is 93.4 cm³/mol. The lowest BCUT2D eigenvalue weighted by atomic mass is 10.1. The lowest BCUT2D eigenvalue weighted by Gasteiger charge is -2.24. The highest BCUT2D eigenvalue weighted by Crippen LogP contribution is 2.19. The van der Waals surface area contributed by atoms with Crippen LogP contribution >= 0.6 is 11.3 Å². The van der Waals surface area contributed by atoms with Crippen molar-refractivity contribution >= 4 is 17.2 Å². The highest BCUT2D eigenvalue weighted by Gasteiger charge is 2.22. The monoisotopic (exact) mass is 346 g/mol. The van der Waals surface area contributed by atoms with Gasteiger partial charge in [0, 0.05) is 36.6 Å². The molecule has 1 aliphatic rings. The molecule has 0 bridgehead atoms. The summed E-state index contributed by atoms with van der Waals surface area (Å²) in [6, 6.07) is 7.37. The lowest BCUT2D eigenvalue weighted by Crippen LogP contribution is -2.35. The van der Waals surface area contributed by atoms with E-state index in [4.69, 9.17) is 9.47 Å². The maximum Gasteiger partial charge on any atom is 0.253 e. The van der Waals surface area contributed by atoms with Crippen LogP contribution in [0.25, 0.3) is 0 Å². The highest BCUT2D eigenvalue weighted by atomic mass is 32.1. The van der Waals surface area contributed by atoms with Crippen molar-refractivity contribution in [3.8, 4) is 5.75 Å². The van der Waals surface area contributed by atoms with Crippen molar-refractivity contribution < 1.29 is 14.3 Å². The molecular formula is C18H22N2O3S. The first-order valence-electron chi connectivity index (χ1n) is 8.23. The zero-order valence-corrected chi connectivity index (χ0v) is 14.6. The fourth-order valence-corrected chi connectivity index (χ4v) is 3.31. The summed E-state index contributed by atoms with van der Waals surface area (Å²) >= 11 is 1.54. The van der Waals surface area contributed by atoms with E-state index < -0.39 is 0 Å². The summed E-state index contributed by atoms with van der Waals surface area (Å²) in [5.74, 6) is 1.18. The summed E-state index contributed by atoms with van der Waals surface area (Å²) in [5, 5.41) is 1.96. The summed E-state index contributed by atoms with van der Waals surface area (Å²) in [5.41, 5.74) is 3.34. The van der Waals surface area contributed by atoms with Crippen molar-refractivity contribution in [1.29, 1.82) is 0 Å². The van der Waals surface area contributed by atoms with E-state index in [1.807, 2.05) is 41.5 Å². The van der Waals surface area contributed by atoms with Crippen molar-refractivity contribution in [1.82, 2.24) is 9.88 Å². The van der Waals surface area contributed by atoms with Gasteiger partial charge < -0.3 is 14.4 Å². The second-order valence-corrected chi connectivity index (χ2v) is 6.59. The van der Waals surface area contributed by atoms with Crippen LogP contribution in [0.5, 0.6) is 5.75 Å². The van der Waals surface area contributed by atoms with Gasteiger partial charge in [-0.3, -0.25) is 4.79 Å². The Hall–Kier alpha value is -1.92. The van der Waals surface area contributed by atoms with Crippen LogP contribution in [-0.4, -0.2) is 42.1 Å². The second kappa shape index (κ2) is 8.26. The average molecular weight is 346 g/mol. The van der Waals surface area contributed by atoms with E-state index in [0.29, 0.717) is 30.4 Å². The van der Waals surface area contributed by atoms with E-state index in [1.54, 1.807) is 16.8 Å². The molecule has 1 saturated heterocycles. The van der Waals surface area contributed by atoms with Crippen molar-refractivity contribution in [2.24, 2.45) is 5.92 Å². The second-order valence-electron chi connectivity index (χ2n) is 5.87. The number of amides is 1. The van der Waals surface area contributed by atoms with Crippen LogP contribution in [0, 0.1) is 5.92 Å². The molecule has 2 heterocycles. The van der Waals surface area contributed by atoms with E-state index in [-0.39, 0.29) is 5.91 Å². The molecule has 0 aliphatic carbocycles. The Bertz CT molecular complexity index is 654. The molecule has 0 saturated carbocycles. The third-order valence-corrected chi connectivity index (χ3v) is 4.76. The fourth-order valence-electron chi connectivity index (χ4n) is 2.76. The number of hydrogen-bond donors (Lipinski definition) is 0. The molecule has 1 aromatic heterocycles. The molecule has 1 atom stereocenters. The van der Waals surface area contributed by atoms with Crippen LogP contribution in [0.3, 0.4) is 0 Å². The first-order valence-corrected chi connectivity index (χ1v) is 9.17. The average Bonchev–Trinajstić information content (AvgIpc) is 3.31. The van der Waals surface area contributed by atoms with Gasteiger partial charge in [-0.05, 0) is 31.5 Å². The van der Waals surface area contributed by atoms with Crippen molar-refractivity contribution in [3.05, 3.63) is 46.4 Å². The molecule has 1 amide bonds. The van der Waals surface area contributed by atoms with E-state index in [2.05, 4.69) is 4.98 Å². The van der Waals surface area contributed by atoms with Gasteiger partial charge in [-0.1, -0.05) is 6.07 Å². The minimum atomic E-state index is 0.0449. The normalized spacial score (nSPS) is 17.0. The fraction of sp³-hybridized carbons (Fsp3) is 0.444. The molecule has 1 fully saturated rings. The Kier molecular flexibility index (Phi) is 5.82. The highest BCUT2D eigenvalue weighted by molar-refractivity contribution is 7.07. The molecule has 24 heavy (non-hydrogen) atoms. The van der Waals surface area contributed by atoms with Crippen LogP contribution in [0.15, 0.2) is 35.2 Å². The summed E-state index contributed by atoms with van der Waals surface area (Å²) in [7, 11) is 0. The van der Waals surface area contributed by atoms with Crippen LogP contribution in [-0.2, 0) is 11.3 Å². The molecule has 1 aliphatic heterocycles. The largest absolute Gasteiger partial charge is 0.487 e. The van der Waals surface area contributed by atoms with Gasteiger partial charge in [0.15, 0.2) is 0 Å². The van der Waals surface area contributed by atoms with Gasteiger partial charge >= 0.3 is 0 Å². The lowest BCUT2D eigenvalue weighted by molar-refractivity contribution is 0.0730. The third-order valence-electron chi connectivity index (χ3n) is 4.12. The number of carbonyl (C=O) groups excluding carboxylic acids is 1. The zero-order valence-electron chi connectivity index (χ0n) is 13.8. The van der Waals surface area contributed by atoms with Crippen LogP contribution < -0.4 is 4.74 Å². The number of nitrogens with zero attached hydrogens (tertiary/aromatic N) is 2. The molecule has 5 nitrogen and oxygen atoms in total. The summed E-state index contributed by atoms with van der Waals surface area (Å²) < 4.78 is 11.2. The standard InChI is InChI=1S/C18H22N2O3S/c1-2-20(9-14-6-7-22-10-14)18(21)15-4-3-5-17(8-15)23-11-16-12-24-13-19-16/h3-5,8,12-14H,2,6-7,9-11H2,1H3. The minimum absolute atomic E-state index is 0.0449. The molecule has 6 heteroatoms. The zero-order chi connectivity index (χ0) is 16.8. The Morgan fingerprint density at radius 2 is 2.42 bits per heavy atom. The van der Waals surface area contributed by atoms with Gasteiger partial charge in [-0.2, -0.15) is 0 Å². The molecule has 0 spiro atoms. The van der Waals surface area contributed by atoms with Gasteiger partial charge in [0.05, 0.1) is 17.8 Å². The predicted octanol–water partition coefficient (Wildman–Crippen LogP) is 3.22. The Morgan fingerprint density at radius 3 is 3.12 bits per heavy atom. The molecule has 0 radical (unpaired) electrons. The number of rotatable bonds is 7. The van der Waals surface area contributed by atoms with E-state index >= 15 is 0 Å². The molecule has 2 aromatic rings. The van der Waals surface area contributed by atoms with Gasteiger partial charge in [0.1, 0.15) is 12.4 Å². The Balaban J connectivity index is 1.63. The molecule has 3 rings (SSSR count). The quantitative estimate of drug-likeness (QED) is 0.772. The van der Waals surface area contributed by atoms with Gasteiger partial charge in [0.2, 0.25) is 0 Å². The maximum atomic E-state index is 12.8. The summed E-state index contributed by atoms with van der Waals surface area (Å²) in [6.07, 6.45) is 1.03.